The number of hydrogen-bond donors (Lipinski definition) is 2. The number of benzene rings is 1. The number of aliphatic carboxylic acids is 1. The molecule has 100 valence electrons. The highest BCUT2D eigenvalue weighted by molar-refractivity contribution is 9.10. The Morgan fingerprint density at radius 1 is 1.50 bits per heavy atom. The average molecular weight is 316 g/mol. The maximum Gasteiger partial charge on any atom is 0.312 e. The number of carboxylic acid groups (broad SMARTS) is 1. The zero-order valence-electron chi connectivity index (χ0n) is 10.8. The average Bonchev–Trinajstić information content (AvgIpc) is 2.28. The quantitative estimate of drug-likeness (QED) is 0.847. The Morgan fingerprint density at radius 2 is 2.17 bits per heavy atom. The summed E-state index contributed by atoms with van der Waals surface area (Å²) in [6.45, 7) is 4.18. The van der Waals surface area contributed by atoms with Crippen LogP contribution in [0.5, 0.6) is 5.75 Å². The number of carboxylic acids is 1. The van der Waals surface area contributed by atoms with Crippen LogP contribution in [0.3, 0.4) is 0 Å². The van der Waals surface area contributed by atoms with Crippen LogP contribution in [0.1, 0.15) is 19.4 Å². The lowest BCUT2D eigenvalue weighted by Gasteiger charge is -2.20. The molecule has 0 unspecified atom stereocenters. The molecule has 0 heterocycles. The van der Waals surface area contributed by atoms with Gasteiger partial charge in [-0.3, -0.25) is 4.79 Å². The summed E-state index contributed by atoms with van der Waals surface area (Å²) in [4.78, 5) is 11.0. The van der Waals surface area contributed by atoms with Crippen LogP contribution in [-0.2, 0) is 11.3 Å². The lowest BCUT2D eigenvalue weighted by atomic mass is 9.95. The Morgan fingerprint density at radius 3 is 2.67 bits per heavy atom. The molecule has 4 nitrogen and oxygen atoms in total. The zero-order chi connectivity index (χ0) is 13.8. The Hall–Kier alpha value is -1.07. The van der Waals surface area contributed by atoms with Gasteiger partial charge in [0.25, 0.3) is 0 Å². The van der Waals surface area contributed by atoms with Gasteiger partial charge in [-0.05, 0) is 54.5 Å². The van der Waals surface area contributed by atoms with Crippen molar-refractivity contribution in [2.24, 2.45) is 5.41 Å². The third-order valence-corrected chi connectivity index (χ3v) is 3.16. The summed E-state index contributed by atoms with van der Waals surface area (Å²) in [6, 6.07) is 5.75. The highest BCUT2D eigenvalue weighted by atomic mass is 79.9. The zero-order valence-corrected chi connectivity index (χ0v) is 12.4. The summed E-state index contributed by atoms with van der Waals surface area (Å²) in [6.07, 6.45) is 0. The van der Waals surface area contributed by atoms with Crippen molar-refractivity contribution in [1.82, 2.24) is 5.32 Å². The normalized spacial score (nSPS) is 11.3. The van der Waals surface area contributed by atoms with E-state index in [1.165, 1.54) is 0 Å². The summed E-state index contributed by atoms with van der Waals surface area (Å²) in [5, 5.41) is 12.1. The SMILES string of the molecule is CNCc1ccc(OCC(C)(C)C(=O)O)c(Br)c1. The van der Waals surface area contributed by atoms with Crippen molar-refractivity contribution in [1.29, 1.82) is 0 Å². The van der Waals surface area contributed by atoms with E-state index in [1.54, 1.807) is 13.8 Å². The number of halogens is 1. The maximum atomic E-state index is 11.0. The van der Waals surface area contributed by atoms with Crippen LogP contribution in [0.4, 0.5) is 0 Å². The highest BCUT2D eigenvalue weighted by Crippen LogP contribution is 2.28. The third kappa shape index (κ3) is 3.99. The molecule has 0 aliphatic carbocycles. The van der Waals surface area contributed by atoms with E-state index in [1.807, 2.05) is 25.2 Å². The van der Waals surface area contributed by atoms with E-state index in [9.17, 15) is 4.79 Å². The van der Waals surface area contributed by atoms with Crippen LogP contribution in [0.2, 0.25) is 0 Å². The Balaban J connectivity index is 2.71. The van der Waals surface area contributed by atoms with E-state index < -0.39 is 11.4 Å². The summed E-state index contributed by atoms with van der Waals surface area (Å²) in [7, 11) is 1.88. The van der Waals surface area contributed by atoms with Crippen LogP contribution >= 0.6 is 15.9 Å². The number of rotatable bonds is 6. The molecule has 0 aliphatic rings. The Bertz CT molecular complexity index is 432. The minimum Gasteiger partial charge on any atom is -0.491 e. The maximum absolute atomic E-state index is 11.0. The predicted molar refractivity (Wildman–Crippen MR) is 73.8 cm³/mol. The molecule has 0 atom stereocenters. The smallest absolute Gasteiger partial charge is 0.312 e. The summed E-state index contributed by atoms with van der Waals surface area (Å²) < 4.78 is 6.38. The fourth-order valence-corrected chi connectivity index (χ4v) is 1.84. The first-order chi connectivity index (χ1) is 8.36. The second kappa shape index (κ2) is 6.20. The Kier molecular flexibility index (Phi) is 5.16. The molecule has 0 aliphatic heterocycles. The lowest BCUT2D eigenvalue weighted by Crippen LogP contribution is -2.30. The molecule has 1 aromatic rings. The van der Waals surface area contributed by atoms with E-state index in [2.05, 4.69) is 21.2 Å². The van der Waals surface area contributed by atoms with Gasteiger partial charge in [0, 0.05) is 6.54 Å². The number of hydrogen-bond acceptors (Lipinski definition) is 3. The van der Waals surface area contributed by atoms with Crippen LogP contribution in [0.15, 0.2) is 22.7 Å². The van der Waals surface area contributed by atoms with Crippen molar-refractivity contribution >= 4 is 21.9 Å². The fraction of sp³-hybridized carbons (Fsp3) is 0.462. The van der Waals surface area contributed by atoms with E-state index in [0.717, 1.165) is 16.6 Å². The summed E-state index contributed by atoms with van der Waals surface area (Å²) in [5.41, 5.74) is 0.234. The first kappa shape index (κ1) is 15.0. The third-order valence-electron chi connectivity index (χ3n) is 2.54. The van der Waals surface area contributed by atoms with E-state index in [-0.39, 0.29) is 6.61 Å². The summed E-state index contributed by atoms with van der Waals surface area (Å²) in [5.74, 6) is -0.213. The van der Waals surface area contributed by atoms with Crippen LogP contribution in [-0.4, -0.2) is 24.7 Å². The minimum absolute atomic E-state index is 0.131. The molecule has 1 rings (SSSR count). The van der Waals surface area contributed by atoms with Gasteiger partial charge in [0.15, 0.2) is 0 Å². The topological polar surface area (TPSA) is 58.6 Å². The monoisotopic (exact) mass is 315 g/mol. The van der Waals surface area contributed by atoms with Crippen molar-refractivity contribution in [3.8, 4) is 5.75 Å². The molecule has 2 N–H and O–H groups in total. The van der Waals surface area contributed by atoms with Gasteiger partial charge < -0.3 is 15.2 Å². The molecular formula is C13H18BrNO3. The first-order valence-corrected chi connectivity index (χ1v) is 6.45. The highest BCUT2D eigenvalue weighted by Gasteiger charge is 2.28. The van der Waals surface area contributed by atoms with E-state index >= 15 is 0 Å². The van der Waals surface area contributed by atoms with Gasteiger partial charge in [-0.2, -0.15) is 0 Å². The molecule has 0 radical (unpaired) electrons. The fourth-order valence-electron chi connectivity index (χ4n) is 1.30. The minimum atomic E-state index is -0.900. The van der Waals surface area contributed by atoms with E-state index in [0.29, 0.717) is 5.75 Å². The summed E-state index contributed by atoms with van der Waals surface area (Å²) >= 11 is 3.42. The second-order valence-corrected chi connectivity index (χ2v) is 5.63. The van der Waals surface area contributed by atoms with Crippen molar-refractivity contribution in [3.63, 3.8) is 0 Å². The van der Waals surface area contributed by atoms with Gasteiger partial charge >= 0.3 is 5.97 Å². The van der Waals surface area contributed by atoms with E-state index in [4.69, 9.17) is 9.84 Å². The molecule has 0 saturated heterocycles. The van der Waals surface area contributed by atoms with Gasteiger partial charge in [0.1, 0.15) is 12.4 Å². The molecule has 18 heavy (non-hydrogen) atoms. The molecule has 0 fully saturated rings. The van der Waals surface area contributed by atoms with Gasteiger partial charge in [0.2, 0.25) is 0 Å². The number of ether oxygens (including phenoxy) is 1. The van der Waals surface area contributed by atoms with Gasteiger partial charge in [0.05, 0.1) is 9.89 Å². The Labute approximate surface area is 115 Å². The van der Waals surface area contributed by atoms with Crippen molar-refractivity contribution < 1.29 is 14.6 Å². The molecule has 0 bridgehead atoms. The van der Waals surface area contributed by atoms with Crippen LogP contribution < -0.4 is 10.1 Å². The molecule has 0 amide bonds. The van der Waals surface area contributed by atoms with Crippen LogP contribution in [0, 0.1) is 5.41 Å². The molecule has 5 heteroatoms. The lowest BCUT2D eigenvalue weighted by molar-refractivity contribution is -0.148. The second-order valence-electron chi connectivity index (χ2n) is 4.77. The molecule has 0 aromatic heterocycles. The molecule has 1 aromatic carbocycles. The largest absolute Gasteiger partial charge is 0.491 e. The van der Waals surface area contributed by atoms with Crippen molar-refractivity contribution in [3.05, 3.63) is 28.2 Å². The standard InChI is InChI=1S/C13H18BrNO3/c1-13(2,12(16)17)8-18-11-5-4-9(7-15-3)6-10(11)14/h4-6,15H,7-8H2,1-3H3,(H,16,17). The van der Waals surface area contributed by atoms with Crippen molar-refractivity contribution in [2.75, 3.05) is 13.7 Å². The van der Waals surface area contributed by atoms with Gasteiger partial charge in [-0.15, -0.1) is 0 Å². The molecule has 0 saturated carbocycles. The van der Waals surface area contributed by atoms with Gasteiger partial charge in [-0.1, -0.05) is 6.07 Å². The molecular weight excluding hydrogens is 298 g/mol. The van der Waals surface area contributed by atoms with Crippen molar-refractivity contribution in [2.45, 2.75) is 20.4 Å². The van der Waals surface area contributed by atoms with Crippen LogP contribution in [0.25, 0.3) is 0 Å². The predicted octanol–water partition coefficient (Wildman–Crippen LogP) is 2.66. The first-order valence-electron chi connectivity index (χ1n) is 5.66. The number of carbonyl (C=O) groups is 1. The molecule has 0 spiro atoms. The number of nitrogens with one attached hydrogen (secondary N) is 1. The van der Waals surface area contributed by atoms with Gasteiger partial charge in [-0.25, -0.2) is 0 Å².